The van der Waals surface area contributed by atoms with Crippen molar-refractivity contribution < 1.29 is 4.39 Å². The molecule has 4 heteroatoms. The molecular weight excluding hydrogens is 229 g/mol. The summed E-state index contributed by atoms with van der Waals surface area (Å²) in [5.74, 6) is 0.691. The Labute approximate surface area is 104 Å². The van der Waals surface area contributed by atoms with Gasteiger partial charge in [0.25, 0.3) is 0 Å². The van der Waals surface area contributed by atoms with Crippen molar-refractivity contribution in [1.82, 2.24) is 9.38 Å². The highest BCUT2D eigenvalue weighted by molar-refractivity contribution is 5.56. The van der Waals surface area contributed by atoms with E-state index in [4.69, 9.17) is 5.73 Å². The number of hydrogen-bond donors (Lipinski definition) is 1. The number of halogens is 1. The van der Waals surface area contributed by atoms with Crippen LogP contribution in [0.1, 0.15) is 11.4 Å². The number of rotatable bonds is 2. The van der Waals surface area contributed by atoms with E-state index in [1.54, 1.807) is 18.3 Å². The molecule has 0 amide bonds. The van der Waals surface area contributed by atoms with Crippen LogP contribution in [0.15, 0.2) is 48.8 Å². The average Bonchev–Trinajstić information content (AvgIpc) is 2.74. The number of nitrogen functional groups attached to an aromatic ring is 1. The molecule has 2 heterocycles. The Bertz CT molecular complexity index is 686. The highest BCUT2D eigenvalue weighted by atomic mass is 19.1. The minimum absolute atomic E-state index is 0.223. The first-order valence-corrected chi connectivity index (χ1v) is 5.68. The minimum Gasteiger partial charge on any atom is -0.399 e. The Morgan fingerprint density at radius 2 is 1.94 bits per heavy atom. The highest BCUT2D eigenvalue weighted by Crippen LogP contribution is 2.14. The van der Waals surface area contributed by atoms with Crippen LogP contribution in [-0.2, 0) is 6.42 Å². The minimum atomic E-state index is -0.223. The molecule has 2 aromatic heterocycles. The average molecular weight is 241 g/mol. The van der Waals surface area contributed by atoms with Crippen LogP contribution < -0.4 is 5.73 Å². The number of benzene rings is 1. The van der Waals surface area contributed by atoms with Gasteiger partial charge in [-0.2, -0.15) is 0 Å². The maximum atomic E-state index is 12.8. The first-order chi connectivity index (χ1) is 8.72. The summed E-state index contributed by atoms with van der Waals surface area (Å²) < 4.78 is 14.8. The Morgan fingerprint density at radius 3 is 2.72 bits per heavy atom. The van der Waals surface area contributed by atoms with Gasteiger partial charge in [-0.15, -0.1) is 0 Å². The van der Waals surface area contributed by atoms with Crippen molar-refractivity contribution in [2.45, 2.75) is 6.42 Å². The molecule has 0 radical (unpaired) electrons. The first-order valence-electron chi connectivity index (χ1n) is 5.68. The molecule has 18 heavy (non-hydrogen) atoms. The molecular formula is C14H12FN3. The number of nitrogens with two attached hydrogens (primary N) is 1. The quantitative estimate of drug-likeness (QED) is 0.749. The molecule has 3 aromatic rings. The largest absolute Gasteiger partial charge is 0.399 e. The van der Waals surface area contributed by atoms with Crippen LogP contribution in [0.2, 0.25) is 0 Å². The van der Waals surface area contributed by atoms with Crippen molar-refractivity contribution in [1.29, 1.82) is 0 Å². The fourth-order valence-electron chi connectivity index (χ4n) is 1.99. The number of pyridine rings is 1. The van der Waals surface area contributed by atoms with Gasteiger partial charge in [-0.1, -0.05) is 12.1 Å². The SMILES string of the molecule is Nc1ccn2c(Cc3ccc(F)cc3)ncc2c1. The van der Waals surface area contributed by atoms with Gasteiger partial charge in [0.15, 0.2) is 0 Å². The summed E-state index contributed by atoms with van der Waals surface area (Å²) in [6.45, 7) is 0. The third-order valence-corrected chi connectivity index (χ3v) is 2.91. The molecule has 0 spiro atoms. The monoisotopic (exact) mass is 241 g/mol. The molecule has 3 rings (SSSR count). The maximum Gasteiger partial charge on any atom is 0.123 e. The molecule has 0 atom stereocenters. The van der Waals surface area contributed by atoms with Crippen LogP contribution >= 0.6 is 0 Å². The van der Waals surface area contributed by atoms with Crippen LogP contribution in [-0.4, -0.2) is 9.38 Å². The van der Waals surface area contributed by atoms with E-state index in [1.165, 1.54) is 12.1 Å². The van der Waals surface area contributed by atoms with Crippen LogP contribution in [0.4, 0.5) is 10.1 Å². The van der Waals surface area contributed by atoms with E-state index in [-0.39, 0.29) is 5.82 Å². The van der Waals surface area contributed by atoms with E-state index in [0.717, 1.165) is 22.6 Å². The second kappa shape index (κ2) is 4.14. The number of nitrogens with zero attached hydrogens (tertiary/aromatic N) is 2. The Morgan fingerprint density at radius 1 is 1.17 bits per heavy atom. The van der Waals surface area contributed by atoms with Crippen molar-refractivity contribution in [3.05, 3.63) is 66.0 Å². The van der Waals surface area contributed by atoms with Gasteiger partial charge in [0.2, 0.25) is 0 Å². The summed E-state index contributed by atoms with van der Waals surface area (Å²) in [6.07, 6.45) is 4.35. The molecule has 0 aliphatic carbocycles. The summed E-state index contributed by atoms with van der Waals surface area (Å²) in [4.78, 5) is 4.37. The molecule has 0 saturated carbocycles. The van der Waals surface area contributed by atoms with Gasteiger partial charge in [-0.25, -0.2) is 9.37 Å². The van der Waals surface area contributed by atoms with Gasteiger partial charge in [0, 0.05) is 18.3 Å². The van der Waals surface area contributed by atoms with E-state index in [9.17, 15) is 4.39 Å². The predicted molar refractivity (Wildman–Crippen MR) is 68.8 cm³/mol. The summed E-state index contributed by atoms with van der Waals surface area (Å²) in [5.41, 5.74) is 8.43. The van der Waals surface area contributed by atoms with Crippen molar-refractivity contribution in [2.24, 2.45) is 0 Å². The lowest BCUT2D eigenvalue weighted by Crippen LogP contribution is -1.97. The smallest absolute Gasteiger partial charge is 0.123 e. The lowest BCUT2D eigenvalue weighted by Gasteiger charge is -2.02. The van der Waals surface area contributed by atoms with Gasteiger partial charge >= 0.3 is 0 Å². The van der Waals surface area contributed by atoms with Crippen molar-refractivity contribution >= 4 is 11.2 Å². The summed E-state index contributed by atoms with van der Waals surface area (Å²) in [5, 5.41) is 0. The predicted octanol–water partition coefficient (Wildman–Crippen LogP) is 2.65. The third kappa shape index (κ3) is 1.93. The van der Waals surface area contributed by atoms with E-state index < -0.39 is 0 Å². The Kier molecular flexibility index (Phi) is 2.48. The summed E-state index contributed by atoms with van der Waals surface area (Å²) in [7, 11) is 0. The number of aromatic nitrogens is 2. The normalized spacial score (nSPS) is 10.9. The second-order valence-corrected chi connectivity index (χ2v) is 4.23. The van der Waals surface area contributed by atoms with Crippen LogP contribution in [0.5, 0.6) is 0 Å². The zero-order chi connectivity index (χ0) is 12.5. The summed E-state index contributed by atoms with van der Waals surface area (Å²) in [6, 6.07) is 10.2. The van der Waals surface area contributed by atoms with Crippen LogP contribution in [0, 0.1) is 5.82 Å². The van der Waals surface area contributed by atoms with E-state index in [0.29, 0.717) is 6.42 Å². The third-order valence-electron chi connectivity index (χ3n) is 2.91. The highest BCUT2D eigenvalue weighted by Gasteiger charge is 2.05. The lowest BCUT2D eigenvalue weighted by molar-refractivity contribution is 0.627. The van der Waals surface area contributed by atoms with Crippen LogP contribution in [0.3, 0.4) is 0 Å². The number of hydrogen-bond acceptors (Lipinski definition) is 2. The maximum absolute atomic E-state index is 12.8. The molecule has 3 nitrogen and oxygen atoms in total. The van der Waals surface area contributed by atoms with Gasteiger partial charge in [0.1, 0.15) is 11.6 Å². The molecule has 0 bridgehead atoms. The van der Waals surface area contributed by atoms with E-state index in [1.807, 2.05) is 22.7 Å². The first kappa shape index (κ1) is 10.8. The molecule has 0 unspecified atom stereocenters. The molecule has 2 N–H and O–H groups in total. The van der Waals surface area contributed by atoms with Crippen molar-refractivity contribution in [3.63, 3.8) is 0 Å². The lowest BCUT2D eigenvalue weighted by atomic mass is 10.1. The topological polar surface area (TPSA) is 43.3 Å². The number of imidazole rings is 1. The fourth-order valence-corrected chi connectivity index (χ4v) is 1.99. The molecule has 0 fully saturated rings. The van der Waals surface area contributed by atoms with Gasteiger partial charge in [0.05, 0.1) is 11.7 Å². The molecule has 0 aliphatic heterocycles. The van der Waals surface area contributed by atoms with Crippen molar-refractivity contribution in [2.75, 3.05) is 5.73 Å². The van der Waals surface area contributed by atoms with Gasteiger partial charge < -0.3 is 10.1 Å². The zero-order valence-electron chi connectivity index (χ0n) is 9.68. The molecule has 0 saturated heterocycles. The Hall–Kier alpha value is -2.36. The standard InChI is InChI=1S/C14H12FN3/c15-11-3-1-10(2-4-11)7-14-17-9-13-8-12(16)5-6-18(13)14/h1-6,8-9H,7,16H2. The van der Waals surface area contributed by atoms with E-state index in [2.05, 4.69) is 4.98 Å². The number of anilines is 1. The zero-order valence-corrected chi connectivity index (χ0v) is 9.68. The van der Waals surface area contributed by atoms with Gasteiger partial charge in [-0.3, -0.25) is 0 Å². The Balaban J connectivity index is 1.97. The van der Waals surface area contributed by atoms with Gasteiger partial charge in [-0.05, 0) is 29.8 Å². The molecule has 90 valence electrons. The number of fused-ring (bicyclic) bond motifs is 1. The molecule has 1 aromatic carbocycles. The van der Waals surface area contributed by atoms with E-state index >= 15 is 0 Å². The summed E-state index contributed by atoms with van der Waals surface area (Å²) >= 11 is 0. The molecule has 0 aliphatic rings. The van der Waals surface area contributed by atoms with Crippen LogP contribution in [0.25, 0.3) is 5.52 Å². The second-order valence-electron chi connectivity index (χ2n) is 4.23. The van der Waals surface area contributed by atoms with Crippen molar-refractivity contribution in [3.8, 4) is 0 Å². The fraction of sp³-hybridized carbons (Fsp3) is 0.0714.